The summed E-state index contributed by atoms with van der Waals surface area (Å²) >= 11 is 4.77. The lowest BCUT2D eigenvalue weighted by Gasteiger charge is -2.37. The van der Waals surface area contributed by atoms with Crippen LogP contribution in [0.4, 0.5) is 9.18 Å². The quantitative estimate of drug-likeness (QED) is 0.454. The van der Waals surface area contributed by atoms with E-state index in [9.17, 15) is 14.0 Å². The summed E-state index contributed by atoms with van der Waals surface area (Å²) in [6.07, 6.45) is 2.54. The molecule has 4 rings (SSSR count). The highest BCUT2D eigenvalue weighted by Gasteiger charge is 2.38. The number of nitrogens with one attached hydrogen (secondary N) is 1. The van der Waals surface area contributed by atoms with Crippen molar-refractivity contribution in [1.29, 1.82) is 0 Å². The van der Waals surface area contributed by atoms with Gasteiger partial charge in [-0.3, -0.25) is 4.99 Å². The number of benzene rings is 1. The summed E-state index contributed by atoms with van der Waals surface area (Å²) in [7, 11) is 0. The second-order valence-corrected chi connectivity index (χ2v) is 11.5. The highest BCUT2D eigenvalue weighted by Crippen LogP contribution is 2.40. The van der Waals surface area contributed by atoms with E-state index in [4.69, 9.17) is 14.5 Å². The number of ether oxygens (including phenoxy) is 2. The van der Waals surface area contributed by atoms with Gasteiger partial charge in [-0.25, -0.2) is 19.0 Å². The van der Waals surface area contributed by atoms with Crippen molar-refractivity contribution in [3.63, 3.8) is 0 Å². The van der Waals surface area contributed by atoms with Crippen LogP contribution in [-0.2, 0) is 14.3 Å². The number of piperidine rings is 1. The number of likely N-dealkylation sites (tertiary alicyclic amines) is 1. The first-order valence-corrected chi connectivity index (χ1v) is 13.8. The van der Waals surface area contributed by atoms with Crippen molar-refractivity contribution in [2.75, 3.05) is 19.7 Å². The number of hydrogen-bond donors (Lipinski definition) is 1. The Morgan fingerprint density at radius 1 is 1.27 bits per heavy atom. The SMILES string of the molecule is CCOC(=O)C1=C(C2CCN(C(=O)OC(C)(C)C)CC2)NC(c2nccs2)=NC1c1cccc(F)c1Br. The van der Waals surface area contributed by atoms with Crippen LogP contribution in [0.1, 0.15) is 57.1 Å². The lowest BCUT2D eigenvalue weighted by Crippen LogP contribution is -2.44. The minimum Gasteiger partial charge on any atom is -0.463 e. The maximum atomic E-state index is 14.6. The molecule has 1 atom stereocenters. The molecule has 0 spiro atoms. The summed E-state index contributed by atoms with van der Waals surface area (Å²) in [4.78, 5) is 36.9. The molecule has 8 nitrogen and oxygen atoms in total. The predicted molar refractivity (Wildman–Crippen MR) is 143 cm³/mol. The Labute approximate surface area is 228 Å². The molecule has 0 radical (unpaired) electrons. The third-order valence-corrected chi connectivity index (χ3v) is 7.65. The average Bonchev–Trinajstić information content (AvgIpc) is 3.39. The highest BCUT2D eigenvalue weighted by atomic mass is 79.9. The molecule has 1 N–H and O–H groups in total. The third kappa shape index (κ3) is 6.20. The number of carbonyl (C=O) groups is 2. The molecular formula is C26H30BrFN4O4S. The molecule has 37 heavy (non-hydrogen) atoms. The van der Waals surface area contributed by atoms with E-state index in [1.807, 2.05) is 26.2 Å². The van der Waals surface area contributed by atoms with Crippen LogP contribution in [0, 0.1) is 11.7 Å². The fraction of sp³-hybridized carbons (Fsp3) is 0.462. The normalized spacial score (nSPS) is 18.8. The van der Waals surface area contributed by atoms with Gasteiger partial charge in [-0.05, 0) is 68.1 Å². The second-order valence-electron chi connectivity index (χ2n) is 9.78. The molecule has 11 heteroatoms. The smallest absolute Gasteiger partial charge is 0.410 e. The number of carbonyl (C=O) groups excluding carboxylic acids is 2. The van der Waals surface area contributed by atoms with Crippen molar-refractivity contribution in [2.45, 2.75) is 52.2 Å². The molecule has 2 aliphatic heterocycles. The van der Waals surface area contributed by atoms with Gasteiger partial charge in [0.05, 0.1) is 16.7 Å². The number of aromatic nitrogens is 1. The van der Waals surface area contributed by atoms with E-state index in [1.165, 1.54) is 17.4 Å². The van der Waals surface area contributed by atoms with E-state index in [1.54, 1.807) is 30.2 Å². The van der Waals surface area contributed by atoms with Crippen LogP contribution in [-0.4, -0.2) is 53.1 Å². The zero-order valence-corrected chi connectivity index (χ0v) is 23.6. The van der Waals surface area contributed by atoms with Crippen molar-refractivity contribution in [1.82, 2.24) is 15.2 Å². The summed E-state index contributed by atoms with van der Waals surface area (Å²) in [5.41, 5.74) is 0.943. The first kappa shape index (κ1) is 27.3. The number of thiazole rings is 1. The van der Waals surface area contributed by atoms with Crippen LogP contribution >= 0.6 is 27.3 Å². The standard InChI is InChI=1S/C26H30BrFN4O4S/c1-5-35-24(33)18-20(15-9-12-32(13-10-15)25(34)36-26(2,3)4)30-22(23-29-11-14-37-23)31-21(18)16-7-6-8-17(28)19(16)27/h6-8,11,14-15,21H,5,9-10,12-13H2,1-4H3,(H,30,31). The molecule has 1 unspecified atom stereocenters. The van der Waals surface area contributed by atoms with Crippen molar-refractivity contribution >= 4 is 45.2 Å². The number of allylic oxidation sites excluding steroid dienone is 1. The number of hydrogen-bond acceptors (Lipinski definition) is 8. The van der Waals surface area contributed by atoms with E-state index in [2.05, 4.69) is 26.2 Å². The van der Waals surface area contributed by atoms with Gasteiger partial charge >= 0.3 is 12.1 Å². The van der Waals surface area contributed by atoms with Crippen LogP contribution in [0.2, 0.25) is 0 Å². The molecule has 1 saturated heterocycles. The topological polar surface area (TPSA) is 93.1 Å². The summed E-state index contributed by atoms with van der Waals surface area (Å²) in [6, 6.07) is 3.88. The van der Waals surface area contributed by atoms with E-state index < -0.39 is 23.4 Å². The average molecular weight is 594 g/mol. The molecule has 0 aliphatic carbocycles. The monoisotopic (exact) mass is 592 g/mol. The van der Waals surface area contributed by atoms with Crippen LogP contribution < -0.4 is 5.32 Å². The maximum absolute atomic E-state index is 14.6. The Balaban J connectivity index is 1.73. The molecule has 198 valence electrons. The number of aliphatic imine (C=N–C) groups is 1. The molecule has 1 aromatic heterocycles. The number of amides is 1. The molecule has 0 bridgehead atoms. The summed E-state index contributed by atoms with van der Waals surface area (Å²) in [5.74, 6) is -0.535. The molecule has 2 aliphatic rings. The van der Waals surface area contributed by atoms with Gasteiger partial charge in [0, 0.05) is 36.3 Å². The molecule has 1 aromatic carbocycles. The van der Waals surface area contributed by atoms with E-state index >= 15 is 0 Å². The van der Waals surface area contributed by atoms with Crippen LogP contribution in [0.5, 0.6) is 0 Å². The fourth-order valence-corrected chi connectivity index (χ4v) is 5.47. The van der Waals surface area contributed by atoms with E-state index in [0.717, 1.165) is 0 Å². The zero-order chi connectivity index (χ0) is 26.7. The van der Waals surface area contributed by atoms with Gasteiger partial charge in [-0.15, -0.1) is 11.3 Å². The zero-order valence-electron chi connectivity index (χ0n) is 21.2. The Kier molecular flexibility index (Phi) is 8.33. The van der Waals surface area contributed by atoms with Gasteiger partial charge in [-0.1, -0.05) is 12.1 Å². The summed E-state index contributed by atoms with van der Waals surface area (Å²) in [6.45, 7) is 8.38. The lowest BCUT2D eigenvalue weighted by molar-refractivity contribution is -0.139. The molecule has 1 fully saturated rings. The largest absolute Gasteiger partial charge is 0.463 e. The molecular weight excluding hydrogens is 563 g/mol. The van der Waals surface area contributed by atoms with Crippen LogP contribution in [0.3, 0.4) is 0 Å². The number of nitrogens with zero attached hydrogens (tertiary/aromatic N) is 3. The summed E-state index contributed by atoms with van der Waals surface area (Å²) in [5, 5.41) is 5.86. The van der Waals surface area contributed by atoms with Crippen LogP contribution in [0.25, 0.3) is 0 Å². The maximum Gasteiger partial charge on any atom is 0.410 e. The first-order chi connectivity index (χ1) is 17.6. The molecule has 2 aromatic rings. The van der Waals surface area contributed by atoms with Crippen molar-refractivity contribution in [2.24, 2.45) is 10.9 Å². The van der Waals surface area contributed by atoms with Crippen molar-refractivity contribution in [3.05, 3.63) is 61.9 Å². The van der Waals surface area contributed by atoms with E-state index in [-0.39, 0.29) is 23.1 Å². The van der Waals surface area contributed by atoms with Gasteiger partial charge < -0.3 is 19.7 Å². The number of rotatable bonds is 5. The second kappa shape index (κ2) is 11.3. The number of amidine groups is 1. The lowest BCUT2D eigenvalue weighted by atomic mass is 9.86. The Hall–Kier alpha value is -2.79. The van der Waals surface area contributed by atoms with Gasteiger partial charge in [0.25, 0.3) is 0 Å². The number of halogens is 2. The number of esters is 1. The minimum absolute atomic E-state index is 0.0848. The van der Waals surface area contributed by atoms with E-state index in [0.29, 0.717) is 53.6 Å². The molecule has 1 amide bonds. The molecule has 0 saturated carbocycles. The van der Waals surface area contributed by atoms with Gasteiger partial charge in [0.1, 0.15) is 17.5 Å². The van der Waals surface area contributed by atoms with Crippen LogP contribution in [0.15, 0.2) is 50.5 Å². The summed E-state index contributed by atoms with van der Waals surface area (Å²) < 4.78 is 25.8. The first-order valence-electron chi connectivity index (χ1n) is 12.2. The Morgan fingerprint density at radius 3 is 2.62 bits per heavy atom. The van der Waals surface area contributed by atoms with Crippen molar-refractivity contribution in [3.8, 4) is 0 Å². The van der Waals surface area contributed by atoms with Gasteiger partial charge in [-0.2, -0.15) is 0 Å². The third-order valence-electron chi connectivity index (χ3n) is 6.04. The molecule has 3 heterocycles. The Morgan fingerprint density at radius 2 is 2.00 bits per heavy atom. The Bertz CT molecular complexity index is 1220. The fourth-order valence-electron chi connectivity index (χ4n) is 4.40. The van der Waals surface area contributed by atoms with Crippen molar-refractivity contribution < 1.29 is 23.5 Å². The van der Waals surface area contributed by atoms with Gasteiger partial charge in [0.15, 0.2) is 10.8 Å². The predicted octanol–water partition coefficient (Wildman–Crippen LogP) is 5.60. The highest BCUT2D eigenvalue weighted by molar-refractivity contribution is 9.10. The minimum atomic E-state index is -0.803. The van der Waals surface area contributed by atoms with Gasteiger partial charge in [0.2, 0.25) is 0 Å².